The van der Waals surface area contributed by atoms with E-state index in [-0.39, 0.29) is 31.0 Å². The van der Waals surface area contributed by atoms with Crippen molar-refractivity contribution >= 4 is 17.8 Å². The van der Waals surface area contributed by atoms with E-state index in [1.165, 1.54) is 4.90 Å². The van der Waals surface area contributed by atoms with Gasteiger partial charge in [0.15, 0.2) is 0 Å². The molecule has 2 aliphatic heterocycles. The predicted octanol–water partition coefficient (Wildman–Crippen LogP) is 2.16. The third-order valence-electron chi connectivity index (χ3n) is 5.92. The SMILES string of the molecule is Cc1ncc(C(C)C)c(N2CCC3(CC2)C(=O)N(CCO)C(=O)N3CC(C)C)n1. The zero-order valence-electron chi connectivity index (χ0n) is 18.2. The number of piperidine rings is 1. The summed E-state index contributed by atoms with van der Waals surface area (Å²) in [5.74, 6) is 2.05. The highest BCUT2D eigenvalue weighted by molar-refractivity contribution is 6.07. The fourth-order valence-corrected chi connectivity index (χ4v) is 4.40. The number of hydrogen-bond donors (Lipinski definition) is 1. The third kappa shape index (κ3) is 3.82. The van der Waals surface area contributed by atoms with Crippen molar-refractivity contribution < 1.29 is 14.7 Å². The second-order valence-electron chi connectivity index (χ2n) is 8.84. The second kappa shape index (κ2) is 8.26. The van der Waals surface area contributed by atoms with Gasteiger partial charge in [-0.15, -0.1) is 0 Å². The molecule has 1 aromatic heterocycles. The van der Waals surface area contributed by atoms with Gasteiger partial charge in [0.1, 0.15) is 17.2 Å². The summed E-state index contributed by atoms with van der Waals surface area (Å²) >= 11 is 0. The van der Waals surface area contributed by atoms with Crippen LogP contribution in [0.25, 0.3) is 0 Å². The van der Waals surface area contributed by atoms with Gasteiger partial charge in [0.2, 0.25) is 0 Å². The quantitative estimate of drug-likeness (QED) is 0.732. The Hall–Kier alpha value is -2.22. The first kappa shape index (κ1) is 21.5. The van der Waals surface area contributed by atoms with Crippen LogP contribution in [0.3, 0.4) is 0 Å². The van der Waals surface area contributed by atoms with Crippen LogP contribution in [0.15, 0.2) is 6.20 Å². The van der Waals surface area contributed by atoms with Crippen molar-refractivity contribution in [2.24, 2.45) is 5.92 Å². The van der Waals surface area contributed by atoms with E-state index in [0.717, 1.165) is 17.2 Å². The molecule has 0 radical (unpaired) electrons. The van der Waals surface area contributed by atoms with Crippen molar-refractivity contribution in [1.82, 2.24) is 19.8 Å². The number of hydrogen-bond acceptors (Lipinski definition) is 6. The molecule has 8 heteroatoms. The molecule has 0 aromatic carbocycles. The first-order chi connectivity index (χ1) is 13.7. The number of carbonyl (C=O) groups is 2. The maximum atomic E-state index is 13.3. The number of anilines is 1. The Balaban J connectivity index is 1.88. The van der Waals surface area contributed by atoms with Crippen LogP contribution in [-0.4, -0.2) is 75.1 Å². The molecule has 2 aliphatic rings. The number of imide groups is 1. The Labute approximate surface area is 172 Å². The van der Waals surface area contributed by atoms with Crippen LogP contribution in [0.1, 0.15) is 57.8 Å². The van der Waals surface area contributed by atoms with Gasteiger partial charge in [-0.05, 0) is 31.6 Å². The van der Waals surface area contributed by atoms with Gasteiger partial charge in [0, 0.05) is 31.4 Å². The number of nitrogens with zero attached hydrogens (tertiary/aromatic N) is 5. The Morgan fingerprint density at radius 2 is 1.83 bits per heavy atom. The van der Waals surface area contributed by atoms with E-state index in [9.17, 15) is 14.7 Å². The Kier molecular flexibility index (Phi) is 6.12. The van der Waals surface area contributed by atoms with Gasteiger partial charge in [-0.1, -0.05) is 27.7 Å². The molecule has 3 heterocycles. The second-order valence-corrected chi connectivity index (χ2v) is 8.84. The molecule has 0 bridgehead atoms. The normalized spacial score (nSPS) is 19.4. The topological polar surface area (TPSA) is 89.9 Å². The lowest BCUT2D eigenvalue weighted by molar-refractivity contribution is -0.134. The maximum Gasteiger partial charge on any atom is 0.327 e. The first-order valence-corrected chi connectivity index (χ1v) is 10.5. The lowest BCUT2D eigenvalue weighted by Gasteiger charge is -2.43. The third-order valence-corrected chi connectivity index (χ3v) is 5.92. The van der Waals surface area contributed by atoms with E-state index in [1.54, 1.807) is 4.90 Å². The summed E-state index contributed by atoms with van der Waals surface area (Å²) < 4.78 is 0. The summed E-state index contributed by atoms with van der Waals surface area (Å²) in [6, 6.07) is -0.271. The van der Waals surface area contributed by atoms with Crippen molar-refractivity contribution in [2.45, 2.75) is 58.9 Å². The molecule has 1 aromatic rings. The molecule has 0 aliphatic carbocycles. The molecule has 1 N–H and O–H groups in total. The molecule has 29 heavy (non-hydrogen) atoms. The van der Waals surface area contributed by atoms with E-state index in [4.69, 9.17) is 0 Å². The van der Waals surface area contributed by atoms with Crippen LogP contribution >= 0.6 is 0 Å². The number of urea groups is 1. The number of β-amino-alcohol motifs (C(OH)–C–C–N with tert-alkyl or cyclic N) is 1. The van der Waals surface area contributed by atoms with Crippen LogP contribution in [0, 0.1) is 12.8 Å². The Morgan fingerprint density at radius 1 is 1.17 bits per heavy atom. The minimum atomic E-state index is -0.812. The molecule has 3 amide bonds. The monoisotopic (exact) mass is 403 g/mol. The predicted molar refractivity (Wildman–Crippen MR) is 111 cm³/mol. The largest absolute Gasteiger partial charge is 0.395 e. The van der Waals surface area contributed by atoms with Crippen molar-refractivity contribution in [2.75, 3.05) is 37.7 Å². The fraction of sp³-hybridized carbons (Fsp3) is 0.714. The summed E-state index contributed by atoms with van der Waals surface area (Å²) in [4.78, 5) is 40.4. The van der Waals surface area contributed by atoms with Crippen molar-refractivity contribution in [3.05, 3.63) is 17.6 Å². The first-order valence-electron chi connectivity index (χ1n) is 10.5. The van der Waals surface area contributed by atoms with Gasteiger partial charge in [-0.3, -0.25) is 9.69 Å². The standard InChI is InChI=1S/C21H33N5O3/c1-14(2)13-26-20(29)25(10-11-27)19(28)21(26)6-8-24(9-7-21)18-17(15(3)4)12-22-16(5)23-18/h12,14-15,27H,6-11,13H2,1-5H3. The molecular weight excluding hydrogens is 370 g/mol. The Morgan fingerprint density at radius 3 is 2.38 bits per heavy atom. The van der Waals surface area contributed by atoms with Gasteiger partial charge >= 0.3 is 6.03 Å². The number of aromatic nitrogens is 2. The molecule has 2 fully saturated rings. The van der Waals surface area contributed by atoms with Crippen LogP contribution in [0.4, 0.5) is 10.6 Å². The van der Waals surface area contributed by atoms with Crippen LogP contribution < -0.4 is 4.90 Å². The number of aryl methyl sites for hydroxylation is 1. The summed E-state index contributed by atoms with van der Waals surface area (Å²) in [7, 11) is 0. The van der Waals surface area contributed by atoms with Crippen molar-refractivity contribution in [3.63, 3.8) is 0 Å². The molecule has 1 spiro atoms. The molecule has 3 rings (SSSR count). The number of rotatable bonds is 6. The molecule has 8 nitrogen and oxygen atoms in total. The molecule has 0 atom stereocenters. The summed E-state index contributed by atoms with van der Waals surface area (Å²) in [5.41, 5.74) is 0.286. The van der Waals surface area contributed by atoms with E-state index in [1.807, 2.05) is 27.0 Å². The summed E-state index contributed by atoms with van der Waals surface area (Å²) in [6.45, 7) is 11.9. The maximum absolute atomic E-state index is 13.3. The number of aliphatic hydroxyl groups is 1. The zero-order valence-corrected chi connectivity index (χ0v) is 18.2. The zero-order chi connectivity index (χ0) is 21.3. The molecular formula is C21H33N5O3. The van der Waals surface area contributed by atoms with E-state index >= 15 is 0 Å². The molecule has 2 saturated heterocycles. The average molecular weight is 404 g/mol. The number of amides is 3. The van der Waals surface area contributed by atoms with Gasteiger partial charge < -0.3 is 14.9 Å². The van der Waals surface area contributed by atoms with Crippen molar-refractivity contribution in [1.29, 1.82) is 0 Å². The van der Waals surface area contributed by atoms with Gasteiger partial charge in [0.05, 0.1) is 13.2 Å². The highest BCUT2D eigenvalue weighted by Crippen LogP contribution is 2.39. The fourth-order valence-electron chi connectivity index (χ4n) is 4.40. The minimum absolute atomic E-state index is 0.0559. The van der Waals surface area contributed by atoms with Gasteiger partial charge in [-0.25, -0.2) is 14.8 Å². The van der Waals surface area contributed by atoms with Crippen LogP contribution in [-0.2, 0) is 4.79 Å². The average Bonchev–Trinajstić information content (AvgIpc) is 2.85. The Bertz CT molecular complexity index is 772. The molecule has 0 saturated carbocycles. The molecule has 0 unspecified atom stereocenters. The van der Waals surface area contributed by atoms with E-state index in [2.05, 4.69) is 28.7 Å². The number of aliphatic hydroxyl groups excluding tert-OH is 1. The van der Waals surface area contributed by atoms with Gasteiger partial charge in [-0.2, -0.15) is 0 Å². The van der Waals surface area contributed by atoms with Gasteiger partial charge in [0.25, 0.3) is 5.91 Å². The summed E-state index contributed by atoms with van der Waals surface area (Å²) in [5, 5.41) is 9.33. The minimum Gasteiger partial charge on any atom is -0.395 e. The highest BCUT2D eigenvalue weighted by Gasteiger charge is 2.57. The number of carbonyl (C=O) groups excluding carboxylic acids is 2. The van der Waals surface area contributed by atoms with Crippen molar-refractivity contribution in [3.8, 4) is 0 Å². The van der Waals surface area contributed by atoms with E-state index < -0.39 is 5.54 Å². The summed E-state index contributed by atoms with van der Waals surface area (Å²) in [6.07, 6.45) is 3.02. The van der Waals surface area contributed by atoms with Crippen LogP contribution in [0.2, 0.25) is 0 Å². The lowest BCUT2D eigenvalue weighted by atomic mass is 9.85. The smallest absolute Gasteiger partial charge is 0.327 e. The van der Waals surface area contributed by atoms with Crippen LogP contribution in [0.5, 0.6) is 0 Å². The van der Waals surface area contributed by atoms with E-state index in [0.29, 0.717) is 38.4 Å². The lowest BCUT2D eigenvalue weighted by Crippen LogP contribution is -2.57. The highest BCUT2D eigenvalue weighted by atomic mass is 16.3. The molecule has 160 valence electrons.